The van der Waals surface area contributed by atoms with Crippen LogP contribution < -0.4 is 20.2 Å². The van der Waals surface area contributed by atoms with Crippen molar-refractivity contribution in [1.29, 1.82) is 0 Å². The average molecular weight is 951 g/mol. The van der Waals surface area contributed by atoms with Gasteiger partial charge in [0, 0.05) is 43.0 Å². The minimum absolute atomic E-state index is 0.0755. The van der Waals surface area contributed by atoms with Gasteiger partial charge in [-0.3, -0.25) is 9.59 Å². The molecule has 0 aliphatic carbocycles. The number of anilines is 2. The molecule has 0 spiro atoms. The van der Waals surface area contributed by atoms with E-state index in [1.165, 1.54) is 82.0 Å². The van der Waals surface area contributed by atoms with Crippen LogP contribution in [0.2, 0.25) is 0 Å². The van der Waals surface area contributed by atoms with Crippen LogP contribution in [0.1, 0.15) is 179 Å². The lowest BCUT2D eigenvalue weighted by molar-refractivity contribution is -0.114. The van der Waals surface area contributed by atoms with Gasteiger partial charge in [0.1, 0.15) is 0 Å². The molecule has 0 saturated heterocycles. The van der Waals surface area contributed by atoms with Crippen LogP contribution in [0, 0.1) is 23.7 Å². The van der Waals surface area contributed by atoms with Crippen LogP contribution in [0.4, 0.5) is 11.4 Å². The quantitative estimate of drug-likeness (QED) is 0.0501. The van der Waals surface area contributed by atoms with Crippen molar-refractivity contribution in [3.05, 3.63) is 116 Å². The molecule has 0 N–H and O–H groups in total. The van der Waals surface area contributed by atoms with Gasteiger partial charge in [-0.25, -0.2) is 0 Å². The third-order valence-electron chi connectivity index (χ3n) is 15.4. The predicted molar refractivity (Wildman–Crippen MR) is 296 cm³/mol. The number of thiophene rings is 2. The van der Waals surface area contributed by atoms with Crippen LogP contribution in [0.25, 0.3) is 32.0 Å². The van der Waals surface area contributed by atoms with Gasteiger partial charge in [0.05, 0.1) is 22.5 Å². The second-order valence-corrected chi connectivity index (χ2v) is 22.6. The Morgan fingerprint density at radius 1 is 0.412 bits per heavy atom. The average Bonchev–Trinajstić information content (AvgIpc) is 4.15. The largest absolute Gasteiger partial charge is 0.307 e. The summed E-state index contributed by atoms with van der Waals surface area (Å²) in [5.74, 6) is 2.41. The zero-order chi connectivity index (χ0) is 48.2. The first-order valence-corrected chi connectivity index (χ1v) is 28.8. The highest BCUT2D eigenvalue weighted by Gasteiger charge is 2.37. The lowest BCUT2D eigenvalue weighted by Gasteiger charge is -2.26. The van der Waals surface area contributed by atoms with E-state index in [0.717, 1.165) is 120 Å². The van der Waals surface area contributed by atoms with Crippen LogP contribution in [0.3, 0.4) is 0 Å². The van der Waals surface area contributed by atoms with Gasteiger partial charge in [-0.1, -0.05) is 194 Å². The fraction of sp³-hybridized carbons (Fsp3) is 0.516. The third-order valence-corrected chi connectivity index (χ3v) is 17.7. The number of carbonyl (C=O) groups excluding carboxylic acids is 2. The van der Waals surface area contributed by atoms with Crippen molar-refractivity contribution in [3.63, 3.8) is 0 Å². The molecule has 2 aliphatic heterocycles. The van der Waals surface area contributed by atoms with Crippen molar-refractivity contribution >= 4 is 57.0 Å². The Labute approximate surface area is 419 Å². The Hall–Kier alpha value is -4.26. The van der Waals surface area contributed by atoms with Crippen LogP contribution in [0.5, 0.6) is 0 Å². The van der Waals surface area contributed by atoms with Gasteiger partial charge in [0.25, 0.3) is 11.8 Å². The summed E-state index contributed by atoms with van der Waals surface area (Å²) in [6, 6.07) is 31.2. The zero-order valence-electron chi connectivity index (χ0n) is 43.1. The predicted octanol–water partition coefficient (Wildman–Crippen LogP) is 16.2. The highest BCUT2D eigenvalue weighted by atomic mass is 32.1. The first-order valence-electron chi connectivity index (χ1n) is 27.1. The summed E-state index contributed by atoms with van der Waals surface area (Å²) in [5.41, 5.74) is 7.67. The van der Waals surface area contributed by atoms with Gasteiger partial charge >= 0.3 is 0 Å². The van der Waals surface area contributed by atoms with Gasteiger partial charge in [-0.15, -0.1) is 22.7 Å². The molecule has 7 rings (SSSR count). The van der Waals surface area contributed by atoms with Crippen molar-refractivity contribution in [2.24, 2.45) is 23.7 Å². The Bertz CT molecular complexity index is 2370. The molecule has 0 fully saturated rings. The number of unbranched alkanes of at least 4 members (excludes halogenated alkanes) is 4. The fourth-order valence-electron chi connectivity index (χ4n) is 10.8. The molecule has 364 valence electrons. The maximum Gasteiger partial charge on any atom is 0.259 e. The zero-order valence-corrected chi connectivity index (χ0v) is 44.7. The number of hydrogen-bond donors (Lipinski definition) is 0. The first-order chi connectivity index (χ1) is 33.2. The Balaban J connectivity index is 1.30. The topological polar surface area (TPSA) is 40.6 Å². The molecule has 2 amide bonds. The Morgan fingerprint density at radius 3 is 1.06 bits per heavy atom. The number of nitrogens with zero attached hydrogens (tertiary/aromatic N) is 2. The summed E-state index contributed by atoms with van der Waals surface area (Å²) in [4.78, 5) is 39.9. The van der Waals surface area contributed by atoms with E-state index in [0.29, 0.717) is 24.9 Å². The first kappa shape index (κ1) is 51.6. The van der Waals surface area contributed by atoms with Gasteiger partial charge in [0.15, 0.2) is 0 Å². The van der Waals surface area contributed by atoms with E-state index in [1.807, 2.05) is 22.7 Å². The van der Waals surface area contributed by atoms with Gasteiger partial charge < -0.3 is 9.80 Å². The molecule has 4 unspecified atom stereocenters. The lowest BCUT2D eigenvalue weighted by atomic mass is 9.95. The third kappa shape index (κ3) is 12.0. The molecule has 3 aromatic carbocycles. The number of hydrogen-bond acceptors (Lipinski definition) is 4. The van der Waals surface area contributed by atoms with Crippen molar-refractivity contribution in [2.45, 2.75) is 171 Å². The molecule has 2 aromatic heterocycles. The number of rotatable bonds is 28. The van der Waals surface area contributed by atoms with E-state index in [-0.39, 0.29) is 11.8 Å². The molecule has 4 heterocycles. The van der Waals surface area contributed by atoms with Gasteiger partial charge in [-0.2, -0.15) is 0 Å². The van der Waals surface area contributed by atoms with Gasteiger partial charge in [0.2, 0.25) is 0 Å². The molecular formula is C62H82N2O2S2. The second-order valence-electron chi connectivity index (χ2n) is 20.2. The minimum atomic E-state index is 0.0755. The Kier molecular flexibility index (Phi) is 19.0. The SMILES string of the molecule is CCCCC(CC)Cc1ccc(-c2ccc(C3=c4cc5c(cc4N(CC(CC)CCCC)C3=O)=C(c3ccc(-c4ccc(CC(CC)CCCC)s4)cc3)C(=O)N5CC(CC)CCCC)cc2)s1. The van der Waals surface area contributed by atoms with E-state index >= 15 is 9.59 Å². The van der Waals surface area contributed by atoms with E-state index in [4.69, 9.17) is 0 Å². The van der Waals surface area contributed by atoms with Crippen molar-refractivity contribution in [3.8, 4) is 20.9 Å². The number of benzene rings is 3. The molecule has 0 radical (unpaired) electrons. The van der Waals surface area contributed by atoms with Crippen molar-refractivity contribution < 1.29 is 9.59 Å². The smallest absolute Gasteiger partial charge is 0.259 e. The normalized spacial score (nSPS) is 15.4. The van der Waals surface area contributed by atoms with E-state index in [2.05, 4.69) is 150 Å². The Morgan fingerprint density at radius 2 is 0.735 bits per heavy atom. The molecule has 5 aromatic rings. The second kappa shape index (κ2) is 25.0. The van der Waals surface area contributed by atoms with E-state index < -0.39 is 0 Å². The number of fused-ring (bicyclic) bond motifs is 2. The summed E-state index contributed by atoms with van der Waals surface area (Å²) in [6.45, 7) is 19.6. The molecule has 2 aliphatic rings. The standard InChI is InChI=1S/C62H82N2O2S2/c1-9-17-21-43(13-5)37-51-33-35-57(67-51)47-25-29-49(30-26-47)59-53-39-56-54(40-55(53)63(61(59)65)41-45(15-7)23-19-11-3)60(62(66)64(56)42-46(16-8)24-20-12-4)50-31-27-48(28-32-50)58-36-34-52(68-58)38-44(14-6)22-18-10-2/h25-36,39-40,43-46H,9-24,37-38,41-42H2,1-8H3. The fourth-order valence-corrected chi connectivity index (χ4v) is 13.0. The molecule has 0 saturated carbocycles. The highest BCUT2D eigenvalue weighted by molar-refractivity contribution is 7.15. The maximum atomic E-state index is 15.1. The summed E-state index contributed by atoms with van der Waals surface area (Å²) in [5, 5.41) is 1.90. The van der Waals surface area contributed by atoms with E-state index in [1.54, 1.807) is 0 Å². The maximum absolute atomic E-state index is 15.1. The van der Waals surface area contributed by atoms with Crippen LogP contribution in [-0.2, 0) is 22.4 Å². The minimum Gasteiger partial charge on any atom is -0.307 e. The van der Waals surface area contributed by atoms with Crippen LogP contribution in [0.15, 0.2) is 84.9 Å². The van der Waals surface area contributed by atoms with Crippen molar-refractivity contribution in [2.75, 3.05) is 22.9 Å². The number of amides is 2. The number of carbonyl (C=O) groups is 2. The van der Waals surface area contributed by atoms with E-state index in [9.17, 15) is 0 Å². The molecule has 0 bridgehead atoms. The molecule has 4 nitrogen and oxygen atoms in total. The monoisotopic (exact) mass is 951 g/mol. The van der Waals surface area contributed by atoms with Gasteiger partial charge in [-0.05, 0) is 108 Å². The summed E-state index contributed by atoms with van der Waals surface area (Å²) >= 11 is 3.83. The van der Waals surface area contributed by atoms with Crippen molar-refractivity contribution in [1.82, 2.24) is 0 Å². The highest BCUT2D eigenvalue weighted by Crippen LogP contribution is 2.37. The van der Waals surface area contributed by atoms with Crippen LogP contribution in [-0.4, -0.2) is 24.9 Å². The molecular weight excluding hydrogens is 869 g/mol. The molecule has 4 atom stereocenters. The summed E-state index contributed by atoms with van der Waals surface area (Å²) < 4.78 is 0. The molecule has 68 heavy (non-hydrogen) atoms. The summed E-state index contributed by atoms with van der Waals surface area (Å²) in [7, 11) is 0. The summed E-state index contributed by atoms with van der Waals surface area (Å²) in [6.07, 6.45) is 21.2. The van der Waals surface area contributed by atoms with Crippen LogP contribution >= 0.6 is 22.7 Å². The molecule has 6 heteroatoms. The lowest BCUT2D eigenvalue weighted by Crippen LogP contribution is -2.35.